The highest BCUT2D eigenvalue weighted by atomic mass is 32.2. The van der Waals surface area contributed by atoms with Crippen molar-refractivity contribution in [2.45, 2.75) is 12.5 Å². The van der Waals surface area contributed by atoms with Crippen LogP contribution in [0.25, 0.3) is 10.2 Å². The van der Waals surface area contributed by atoms with E-state index in [1.165, 1.54) is 11.3 Å². The second kappa shape index (κ2) is 5.90. The summed E-state index contributed by atoms with van der Waals surface area (Å²) < 4.78 is 0.989. The van der Waals surface area contributed by atoms with Gasteiger partial charge in [-0.2, -0.15) is 11.8 Å². The molecular formula is C13H16N2O2S2. The molecule has 0 bridgehead atoms. The fraction of sp³-hybridized carbons (Fsp3) is 0.385. The number of benzene rings is 1. The maximum atomic E-state index is 12.0. The van der Waals surface area contributed by atoms with Crippen LogP contribution in [0.15, 0.2) is 24.3 Å². The Kier molecular flexibility index (Phi) is 4.44. The van der Waals surface area contributed by atoms with E-state index in [9.17, 15) is 9.90 Å². The van der Waals surface area contributed by atoms with Crippen molar-refractivity contribution in [1.29, 1.82) is 0 Å². The Bertz CT molecular complexity index is 548. The van der Waals surface area contributed by atoms with Gasteiger partial charge in [-0.25, -0.2) is 4.98 Å². The molecule has 2 N–H and O–H groups in total. The van der Waals surface area contributed by atoms with Crippen LogP contribution < -0.4 is 5.32 Å². The predicted octanol–water partition coefficient (Wildman–Crippen LogP) is 2.14. The number of amides is 1. The molecule has 0 aliphatic carbocycles. The van der Waals surface area contributed by atoms with Crippen molar-refractivity contribution in [3.63, 3.8) is 0 Å². The van der Waals surface area contributed by atoms with Crippen LogP contribution >= 0.6 is 23.1 Å². The van der Waals surface area contributed by atoms with Crippen molar-refractivity contribution in [3.8, 4) is 0 Å². The molecule has 6 heteroatoms. The molecule has 2 aromatic rings. The third kappa shape index (κ3) is 3.68. The molecule has 1 unspecified atom stereocenters. The van der Waals surface area contributed by atoms with E-state index in [0.29, 0.717) is 10.8 Å². The van der Waals surface area contributed by atoms with E-state index >= 15 is 0 Å². The number of aromatic nitrogens is 1. The number of carbonyl (C=O) groups excluding carboxylic acids is 1. The Morgan fingerprint density at radius 1 is 1.53 bits per heavy atom. The summed E-state index contributed by atoms with van der Waals surface area (Å²) in [5.74, 6) is 0.343. The Labute approximate surface area is 120 Å². The van der Waals surface area contributed by atoms with E-state index in [2.05, 4.69) is 10.3 Å². The Balaban J connectivity index is 2.04. The van der Waals surface area contributed by atoms with Crippen LogP contribution in [0.1, 0.15) is 16.7 Å². The lowest BCUT2D eigenvalue weighted by atomic mass is 10.1. The van der Waals surface area contributed by atoms with Crippen molar-refractivity contribution in [1.82, 2.24) is 10.3 Å². The lowest BCUT2D eigenvalue weighted by Crippen LogP contribution is -2.42. The number of hydrogen-bond donors (Lipinski definition) is 2. The second-order valence-electron chi connectivity index (χ2n) is 4.60. The van der Waals surface area contributed by atoms with Crippen LogP contribution in [0, 0.1) is 0 Å². The number of thiazole rings is 1. The van der Waals surface area contributed by atoms with Crippen LogP contribution in [-0.2, 0) is 0 Å². The van der Waals surface area contributed by atoms with Crippen LogP contribution in [0.2, 0.25) is 0 Å². The van der Waals surface area contributed by atoms with Crippen LogP contribution in [-0.4, -0.2) is 40.2 Å². The molecule has 0 saturated carbocycles. The summed E-state index contributed by atoms with van der Waals surface area (Å²) in [4.78, 5) is 16.3. The summed E-state index contributed by atoms with van der Waals surface area (Å²) in [6.45, 7) is 1.94. The summed E-state index contributed by atoms with van der Waals surface area (Å²) in [5.41, 5.74) is -0.0697. The first-order chi connectivity index (χ1) is 9.02. The molecule has 0 aliphatic rings. The molecule has 0 saturated heterocycles. The molecule has 0 fully saturated rings. The van der Waals surface area contributed by atoms with E-state index < -0.39 is 5.60 Å². The van der Waals surface area contributed by atoms with Gasteiger partial charge in [-0.1, -0.05) is 12.1 Å². The summed E-state index contributed by atoms with van der Waals surface area (Å²) in [5, 5.41) is 13.2. The maximum absolute atomic E-state index is 12.0. The number of nitrogens with one attached hydrogen (secondary N) is 1. The van der Waals surface area contributed by atoms with Crippen LogP contribution in [0.5, 0.6) is 0 Å². The second-order valence-corrected chi connectivity index (χ2v) is 6.50. The molecule has 1 atom stereocenters. The first-order valence-electron chi connectivity index (χ1n) is 5.87. The summed E-state index contributed by atoms with van der Waals surface area (Å²) in [7, 11) is 0. The van der Waals surface area contributed by atoms with E-state index in [1.807, 2.05) is 30.5 Å². The molecule has 0 radical (unpaired) electrons. The minimum Gasteiger partial charge on any atom is -0.387 e. The lowest BCUT2D eigenvalue weighted by molar-refractivity contribution is 0.0725. The third-order valence-corrected chi connectivity index (χ3v) is 4.52. The molecule has 0 aliphatic heterocycles. The number of fused-ring (bicyclic) bond motifs is 1. The highest BCUT2D eigenvalue weighted by molar-refractivity contribution is 7.98. The molecule has 102 valence electrons. The molecule has 1 aromatic heterocycles. The van der Waals surface area contributed by atoms with Crippen LogP contribution in [0.3, 0.4) is 0 Å². The fourth-order valence-electron chi connectivity index (χ4n) is 1.68. The number of thioether (sulfide) groups is 1. The van der Waals surface area contributed by atoms with Gasteiger partial charge in [-0.05, 0) is 25.3 Å². The first kappa shape index (κ1) is 14.3. The van der Waals surface area contributed by atoms with Gasteiger partial charge in [0.05, 0.1) is 15.8 Å². The van der Waals surface area contributed by atoms with Gasteiger partial charge < -0.3 is 10.4 Å². The number of carbonyl (C=O) groups is 1. The number of para-hydroxylation sites is 1. The van der Waals surface area contributed by atoms with Crippen molar-refractivity contribution < 1.29 is 9.90 Å². The smallest absolute Gasteiger partial charge is 0.280 e. The maximum Gasteiger partial charge on any atom is 0.280 e. The van der Waals surface area contributed by atoms with Crippen LogP contribution in [0.4, 0.5) is 0 Å². The highest BCUT2D eigenvalue weighted by Crippen LogP contribution is 2.21. The molecule has 19 heavy (non-hydrogen) atoms. The molecular weight excluding hydrogens is 280 g/mol. The summed E-state index contributed by atoms with van der Waals surface area (Å²) in [6.07, 6.45) is 1.92. The molecule has 0 spiro atoms. The van der Waals surface area contributed by atoms with E-state index in [4.69, 9.17) is 0 Å². The van der Waals surface area contributed by atoms with Gasteiger partial charge in [-0.3, -0.25) is 4.79 Å². The minimum atomic E-state index is -0.897. The average Bonchev–Trinajstić information content (AvgIpc) is 2.79. The lowest BCUT2D eigenvalue weighted by Gasteiger charge is -2.22. The SMILES string of the molecule is CSCC(C)(O)CNC(=O)c1nc2ccccc2s1. The van der Waals surface area contributed by atoms with Gasteiger partial charge >= 0.3 is 0 Å². The monoisotopic (exact) mass is 296 g/mol. The predicted molar refractivity (Wildman–Crippen MR) is 81.0 cm³/mol. The summed E-state index contributed by atoms with van der Waals surface area (Å²) >= 11 is 2.90. The van der Waals surface area contributed by atoms with E-state index in [-0.39, 0.29) is 12.5 Å². The number of aliphatic hydroxyl groups is 1. The van der Waals surface area contributed by atoms with Gasteiger partial charge in [0, 0.05) is 12.3 Å². The largest absolute Gasteiger partial charge is 0.387 e. The van der Waals surface area contributed by atoms with Crippen molar-refractivity contribution >= 4 is 39.2 Å². The van der Waals surface area contributed by atoms with Gasteiger partial charge in [0.2, 0.25) is 0 Å². The van der Waals surface area contributed by atoms with Gasteiger partial charge in [0.15, 0.2) is 5.01 Å². The van der Waals surface area contributed by atoms with Crippen molar-refractivity contribution in [3.05, 3.63) is 29.3 Å². The first-order valence-corrected chi connectivity index (χ1v) is 8.08. The molecule has 4 nitrogen and oxygen atoms in total. The van der Waals surface area contributed by atoms with Crippen molar-refractivity contribution in [2.24, 2.45) is 0 Å². The average molecular weight is 296 g/mol. The molecule has 1 heterocycles. The Morgan fingerprint density at radius 3 is 2.95 bits per heavy atom. The molecule has 1 aromatic carbocycles. The zero-order chi connectivity index (χ0) is 13.9. The van der Waals surface area contributed by atoms with E-state index in [0.717, 1.165) is 10.2 Å². The number of hydrogen-bond acceptors (Lipinski definition) is 5. The topological polar surface area (TPSA) is 62.2 Å². The summed E-state index contributed by atoms with van der Waals surface area (Å²) in [6, 6.07) is 7.64. The van der Waals surface area contributed by atoms with Gasteiger partial charge in [-0.15, -0.1) is 11.3 Å². The third-order valence-electron chi connectivity index (χ3n) is 2.57. The zero-order valence-electron chi connectivity index (χ0n) is 10.8. The van der Waals surface area contributed by atoms with E-state index in [1.54, 1.807) is 18.7 Å². The van der Waals surface area contributed by atoms with Gasteiger partial charge in [0.25, 0.3) is 5.91 Å². The number of rotatable bonds is 5. The molecule has 2 rings (SSSR count). The standard InChI is InChI=1S/C13H16N2O2S2/c1-13(17,8-18-2)7-14-11(16)12-15-9-5-3-4-6-10(9)19-12/h3-6,17H,7-8H2,1-2H3,(H,14,16). The Hall–Kier alpha value is -1.11. The van der Waals surface area contributed by atoms with Gasteiger partial charge in [0.1, 0.15) is 0 Å². The Morgan fingerprint density at radius 2 is 2.26 bits per heavy atom. The zero-order valence-corrected chi connectivity index (χ0v) is 12.5. The number of nitrogens with zero attached hydrogens (tertiary/aromatic N) is 1. The minimum absolute atomic E-state index is 0.225. The highest BCUT2D eigenvalue weighted by Gasteiger charge is 2.21. The normalized spacial score (nSPS) is 14.3. The molecule has 1 amide bonds. The quantitative estimate of drug-likeness (QED) is 0.887. The fourth-order valence-corrected chi connectivity index (χ4v) is 3.28. The van der Waals surface area contributed by atoms with Crippen molar-refractivity contribution in [2.75, 3.05) is 18.6 Å².